The third-order valence-electron chi connectivity index (χ3n) is 7.79. The molecule has 3 heterocycles. The Kier molecular flexibility index (Phi) is 10.8. The van der Waals surface area contributed by atoms with E-state index >= 15 is 0 Å². The van der Waals surface area contributed by atoms with Gasteiger partial charge in [-0.05, 0) is 55.2 Å². The highest BCUT2D eigenvalue weighted by molar-refractivity contribution is 5.90. The number of hydrogen-bond donors (Lipinski definition) is 0. The summed E-state index contributed by atoms with van der Waals surface area (Å²) in [5.41, 5.74) is 4.16. The summed E-state index contributed by atoms with van der Waals surface area (Å²) in [6.45, 7) is 4.58. The van der Waals surface area contributed by atoms with E-state index in [0.717, 1.165) is 11.1 Å². The first-order valence-corrected chi connectivity index (χ1v) is 15.4. The van der Waals surface area contributed by atoms with E-state index in [0.29, 0.717) is 53.7 Å². The number of methoxy groups -OCH3 is 1. The van der Waals surface area contributed by atoms with Gasteiger partial charge in [0.05, 0.1) is 42.8 Å². The van der Waals surface area contributed by atoms with E-state index in [4.69, 9.17) is 29.2 Å². The second-order valence-corrected chi connectivity index (χ2v) is 10.8. The molecular weight excluding hydrogens is 596 g/mol. The first-order chi connectivity index (χ1) is 22.9. The predicted molar refractivity (Wildman–Crippen MR) is 176 cm³/mol. The maximum absolute atomic E-state index is 13.2. The van der Waals surface area contributed by atoms with Gasteiger partial charge in [-0.3, -0.25) is 4.90 Å². The van der Waals surface area contributed by atoms with Crippen LogP contribution in [0.3, 0.4) is 0 Å². The lowest BCUT2D eigenvalue weighted by atomic mass is 9.92. The van der Waals surface area contributed by atoms with E-state index in [1.165, 1.54) is 6.08 Å². The molecule has 4 aromatic rings. The van der Waals surface area contributed by atoms with Crippen LogP contribution in [0.4, 0.5) is 16.4 Å². The van der Waals surface area contributed by atoms with Gasteiger partial charge in [-0.1, -0.05) is 49.4 Å². The van der Waals surface area contributed by atoms with Crippen LogP contribution in [0.5, 0.6) is 5.88 Å². The molecule has 1 aliphatic heterocycles. The van der Waals surface area contributed by atoms with Crippen LogP contribution in [0.15, 0.2) is 85.2 Å². The van der Waals surface area contributed by atoms with E-state index in [2.05, 4.69) is 6.07 Å². The first kappa shape index (κ1) is 32.6. The molecule has 2 aromatic carbocycles. The van der Waals surface area contributed by atoms with Crippen LogP contribution < -0.4 is 14.5 Å². The summed E-state index contributed by atoms with van der Waals surface area (Å²) in [6.07, 6.45) is 6.96. The number of carbonyl (C=O) groups is 2. The zero-order valence-corrected chi connectivity index (χ0v) is 26.6. The van der Waals surface area contributed by atoms with E-state index in [1.807, 2.05) is 66.4 Å². The Morgan fingerprint density at radius 3 is 2.49 bits per heavy atom. The van der Waals surface area contributed by atoms with Crippen LogP contribution in [0.1, 0.15) is 60.7 Å². The predicted octanol–water partition coefficient (Wildman–Crippen LogP) is 6.40. The highest BCUT2D eigenvalue weighted by atomic mass is 16.6. The Hall–Kier alpha value is -5.76. The quantitative estimate of drug-likeness (QED) is 0.135. The smallest absolute Gasteiger partial charge is 0.414 e. The van der Waals surface area contributed by atoms with Crippen LogP contribution in [-0.4, -0.2) is 46.8 Å². The maximum Gasteiger partial charge on any atom is 0.414 e. The molecule has 0 radical (unpaired) electrons. The largest absolute Gasteiger partial charge is 0.481 e. The van der Waals surface area contributed by atoms with Crippen molar-refractivity contribution in [2.24, 2.45) is 0 Å². The minimum Gasteiger partial charge on any atom is -0.481 e. The molecule has 2 unspecified atom stereocenters. The zero-order chi connectivity index (χ0) is 33.2. The standard InChI is InChI=1S/C36H36N6O5/c1-4-29-19-31(34-30(15-16-32(40-34)45-3)42(29)36(44)46-5-2)41(23-27-13-9-12-26(18-27)20-37)35-38-21-28(22-39-35)14-17-33(43)47-24-25-10-7-6-8-11-25/h6-18,21-22,29,31H,4-5,19,23-24H2,1-3H3/b17-14+. The van der Waals surface area contributed by atoms with Crippen molar-refractivity contribution in [3.8, 4) is 11.9 Å². The molecule has 0 bridgehead atoms. The molecule has 0 aliphatic carbocycles. The summed E-state index contributed by atoms with van der Waals surface area (Å²) in [6, 6.07) is 22.0. The fraction of sp³-hybridized carbons (Fsp3) is 0.278. The molecule has 11 heteroatoms. The van der Waals surface area contributed by atoms with Crippen molar-refractivity contribution in [1.29, 1.82) is 5.26 Å². The SMILES string of the molecule is CCOC(=O)N1c2ccc(OC)nc2C(N(Cc2cccc(C#N)c2)c2ncc(/C=C/C(=O)OCc3ccccc3)cn2)CC1CC. The van der Waals surface area contributed by atoms with Crippen LogP contribution in [0.2, 0.25) is 0 Å². The van der Waals surface area contributed by atoms with Gasteiger partial charge >= 0.3 is 12.1 Å². The van der Waals surface area contributed by atoms with Crippen LogP contribution >= 0.6 is 0 Å². The number of fused-ring (bicyclic) bond motifs is 1. The fourth-order valence-corrected chi connectivity index (χ4v) is 5.51. The number of benzene rings is 2. The number of pyridine rings is 1. The fourth-order valence-electron chi connectivity index (χ4n) is 5.51. The van der Waals surface area contributed by atoms with Gasteiger partial charge in [0.2, 0.25) is 11.8 Å². The van der Waals surface area contributed by atoms with Gasteiger partial charge in [-0.15, -0.1) is 0 Å². The van der Waals surface area contributed by atoms with Gasteiger partial charge in [0.25, 0.3) is 0 Å². The molecule has 0 fully saturated rings. The van der Waals surface area contributed by atoms with Gasteiger partial charge in [-0.25, -0.2) is 24.5 Å². The number of nitriles is 1. The minimum atomic E-state index is -0.479. The van der Waals surface area contributed by atoms with Crippen LogP contribution in [-0.2, 0) is 27.4 Å². The molecule has 11 nitrogen and oxygen atoms in total. The topological polar surface area (TPSA) is 131 Å². The molecule has 1 amide bonds. The summed E-state index contributed by atoms with van der Waals surface area (Å²) in [4.78, 5) is 43.4. The maximum atomic E-state index is 13.2. The molecule has 0 N–H and O–H groups in total. The molecule has 240 valence electrons. The van der Waals surface area contributed by atoms with Crippen molar-refractivity contribution >= 4 is 29.8 Å². The molecule has 0 saturated carbocycles. The molecule has 0 saturated heterocycles. The monoisotopic (exact) mass is 632 g/mol. The van der Waals surface area contributed by atoms with E-state index < -0.39 is 12.1 Å². The van der Waals surface area contributed by atoms with Gasteiger partial charge in [0.15, 0.2) is 0 Å². The number of amides is 1. The average Bonchev–Trinajstić information content (AvgIpc) is 3.12. The summed E-state index contributed by atoms with van der Waals surface area (Å²) < 4.78 is 16.3. The lowest BCUT2D eigenvalue weighted by Crippen LogP contribution is -2.48. The summed E-state index contributed by atoms with van der Waals surface area (Å²) >= 11 is 0. The number of ether oxygens (including phenoxy) is 3. The van der Waals surface area contributed by atoms with Gasteiger partial charge in [0.1, 0.15) is 6.61 Å². The van der Waals surface area contributed by atoms with Crippen molar-refractivity contribution in [2.45, 2.75) is 51.9 Å². The number of esters is 1. The van der Waals surface area contributed by atoms with Gasteiger partial charge in [-0.2, -0.15) is 5.26 Å². The average molecular weight is 633 g/mol. The molecular formula is C36H36N6O5. The van der Waals surface area contributed by atoms with Crippen molar-refractivity contribution in [1.82, 2.24) is 15.0 Å². The second-order valence-electron chi connectivity index (χ2n) is 10.8. The van der Waals surface area contributed by atoms with Crippen molar-refractivity contribution in [3.05, 3.63) is 113 Å². The highest BCUT2D eigenvalue weighted by Gasteiger charge is 2.40. The van der Waals surface area contributed by atoms with Crippen molar-refractivity contribution in [3.63, 3.8) is 0 Å². The molecule has 47 heavy (non-hydrogen) atoms. The Morgan fingerprint density at radius 1 is 1.02 bits per heavy atom. The molecule has 2 aromatic heterocycles. The summed E-state index contributed by atoms with van der Waals surface area (Å²) in [7, 11) is 1.54. The molecule has 0 spiro atoms. The lowest BCUT2D eigenvalue weighted by molar-refractivity contribution is -0.138. The van der Waals surface area contributed by atoms with Crippen molar-refractivity contribution < 1.29 is 23.8 Å². The zero-order valence-electron chi connectivity index (χ0n) is 26.6. The number of rotatable bonds is 11. The van der Waals surface area contributed by atoms with E-state index in [-0.39, 0.29) is 25.3 Å². The number of anilines is 2. The second kappa shape index (κ2) is 15.5. The molecule has 5 rings (SSSR count). The Balaban J connectivity index is 1.48. The summed E-state index contributed by atoms with van der Waals surface area (Å²) in [5.74, 6) is 0.336. The number of nitrogens with zero attached hydrogens (tertiary/aromatic N) is 6. The third-order valence-corrected chi connectivity index (χ3v) is 7.79. The van der Waals surface area contributed by atoms with Crippen LogP contribution in [0, 0.1) is 11.3 Å². The molecule has 1 aliphatic rings. The Bertz CT molecular complexity index is 1760. The lowest BCUT2D eigenvalue weighted by Gasteiger charge is -2.43. The highest BCUT2D eigenvalue weighted by Crippen LogP contribution is 2.43. The van der Waals surface area contributed by atoms with Gasteiger partial charge in [0, 0.05) is 42.7 Å². The van der Waals surface area contributed by atoms with E-state index in [9.17, 15) is 14.9 Å². The molecule has 2 atom stereocenters. The third kappa shape index (κ3) is 7.91. The Labute approximate surface area is 274 Å². The summed E-state index contributed by atoms with van der Waals surface area (Å²) in [5, 5.41) is 9.55. The number of hydrogen-bond acceptors (Lipinski definition) is 10. The van der Waals surface area contributed by atoms with Gasteiger partial charge < -0.3 is 19.1 Å². The van der Waals surface area contributed by atoms with Crippen LogP contribution in [0.25, 0.3) is 6.08 Å². The normalized spacial score (nSPS) is 15.4. The Morgan fingerprint density at radius 2 is 1.79 bits per heavy atom. The first-order valence-electron chi connectivity index (χ1n) is 15.4. The number of aromatic nitrogens is 3. The van der Waals surface area contributed by atoms with E-state index in [1.54, 1.807) is 49.5 Å². The van der Waals surface area contributed by atoms with Crippen molar-refractivity contribution in [2.75, 3.05) is 23.5 Å². The minimum absolute atomic E-state index is 0.176. The number of carbonyl (C=O) groups excluding carboxylic acids is 2.